The van der Waals surface area contributed by atoms with Crippen LogP contribution in [-0.2, 0) is 4.79 Å². The van der Waals surface area contributed by atoms with Crippen LogP contribution in [0.15, 0.2) is 0 Å². The molecule has 1 aromatic rings. The van der Waals surface area contributed by atoms with E-state index in [0.29, 0.717) is 23.4 Å². The molecule has 1 fully saturated rings. The normalized spacial score (nSPS) is 14.3. The monoisotopic (exact) mass is 282 g/mol. The fraction of sp³-hybridized carbons (Fsp3) is 0.615. The van der Waals surface area contributed by atoms with E-state index in [-0.39, 0.29) is 12.5 Å². The summed E-state index contributed by atoms with van der Waals surface area (Å²) in [5.74, 6) is 1.92. The van der Waals surface area contributed by atoms with Gasteiger partial charge in [-0.3, -0.25) is 4.79 Å². The molecule has 5 nitrogen and oxygen atoms in total. The van der Waals surface area contributed by atoms with Crippen molar-refractivity contribution < 1.29 is 4.79 Å². The summed E-state index contributed by atoms with van der Waals surface area (Å²) < 4.78 is 0. The predicted molar refractivity (Wildman–Crippen MR) is 75.6 cm³/mol. The predicted octanol–water partition coefficient (Wildman–Crippen LogP) is 2.21. The highest BCUT2D eigenvalue weighted by Crippen LogP contribution is 2.39. The molecule has 0 saturated heterocycles. The molecule has 104 valence electrons. The third kappa shape index (κ3) is 3.35. The van der Waals surface area contributed by atoms with E-state index < -0.39 is 0 Å². The quantitative estimate of drug-likeness (QED) is 0.841. The van der Waals surface area contributed by atoms with Gasteiger partial charge < -0.3 is 10.2 Å². The summed E-state index contributed by atoms with van der Waals surface area (Å²) in [6, 6.07) is 0. The first-order valence-electron chi connectivity index (χ1n) is 6.54. The van der Waals surface area contributed by atoms with Gasteiger partial charge in [-0.2, -0.15) is 0 Å². The number of nitrogens with zero attached hydrogens (tertiary/aromatic N) is 3. The lowest BCUT2D eigenvalue weighted by molar-refractivity contribution is -0.127. The number of carbonyl (C=O) groups excluding carboxylic acids is 1. The van der Waals surface area contributed by atoms with Crippen LogP contribution in [0.3, 0.4) is 0 Å². The van der Waals surface area contributed by atoms with Crippen molar-refractivity contribution >= 4 is 23.3 Å². The van der Waals surface area contributed by atoms with Crippen LogP contribution in [0.5, 0.6) is 0 Å². The number of aromatic nitrogens is 2. The van der Waals surface area contributed by atoms with Gasteiger partial charge in [0, 0.05) is 25.1 Å². The molecule has 1 aliphatic rings. The highest BCUT2D eigenvalue weighted by molar-refractivity contribution is 6.30. The van der Waals surface area contributed by atoms with Crippen molar-refractivity contribution in [1.29, 1.82) is 0 Å². The van der Waals surface area contributed by atoms with E-state index in [1.807, 2.05) is 13.8 Å². The van der Waals surface area contributed by atoms with E-state index in [1.165, 1.54) is 0 Å². The first-order valence-corrected chi connectivity index (χ1v) is 6.92. The van der Waals surface area contributed by atoms with Crippen molar-refractivity contribution in [3.8, 4) is 0 Å². The van der Waals surface area contributed by atoms with Crippen LogP contribution in [0.2, 0.25) is 5.15 Å². The number of hydrogen-bond donors (Lipinski definition) is 1. The summed E-state index contributed by atoms with van der Waals surface area (Å²) in [4.78, 5) is 22.2. The maximum Gasteiger partial charge on any atom is 0.241 e. The van der Waals surface area contributed by atoms with E-state index in [4.69, 9.17) is 11.6 Å². The minimum atomic E-state index is 0.0320. The number of rotatable bonds is 5. The van der Waals surface area contributed by atoms with Gasteiger partial charge in [-0.15, -0.1) is 0 Å². The van der Waals surface area contributed by atoms with E-state index in [0.717, 1.165) is 24.2 Å². The number of anilines is 1. The third-order valence-electron chi connectivity index (χ3n) is 3.35. The van der Waals surface area contributed by atoms with E-state index in [2.05, 4.69) is 15.3 Å². The Labute approximate surface area is 118 Å². The van der Waals surface area contributed by atoms with Gasteiger partial charge in [0.2, 0.25) is 5.91 Å². The number of carbonyl (C=O) groups is 1. The average molecular weight is 283 g/mol. The molecule has 1 heterocycles. The second kappa shape index (κ2) is 5.74. The molecule has 0 unspecified atom stereocenters. The van der Waals surface area contributed by atoms with Gasteiger partial charge >= 0.3 is 0 Å². The number of likely N-dealkylation sites (N-methyl/N-ethyl adjacent to an activating group) is 1. The lowest BCUT2D eigenvalue weighted by Crippen LogP contribution is -2.32. The number of amides is 1. The summed E-state index contributed by atoms with van der Waals surface area (Å²) in [5.41, 5.74) is 0.790. The number of nitrogens with one attached hydrogen (secondary N) is 1. The van der Waals surface area contributed by atoms with Crippen LogP contribution >= 0.6 is 11.6 Å². The second-order valence-corrected chi connectivity index (χ2v) is 5.24. The molecule has 0 radical (unpaired) electrons. The van der Waals surface area contributed by atoms with Crippen molar-refractivity contribution in [2.75, 3.05) is 25.5 Å². The zero-order valence-electron chi connectivity index (χ0n) is 11.5. The van der Waals surface area contributed by atoms with E-state index >= 15 is 0 Å². The summed E-state index contributed by atoms with van der Waals surface area (Å²) in [6.07, 6.45) is 2.24. The van der Waals surface area contributed by atoms with Crippen molar-refractivity contribution in [1.82, 2.24) is 14.9 Å². The summed E-state index contributed by atoms with van der Waals surface area (Å²) >= 11 is 6.11. The molecule has 1 aromatic heterocycles. The molecule has 0 aromatic carbocycles. The molecular formula is C13H19ClN4O. The molecule has 1 amide bonds. The molecule has 0 bridgehead atoms. The van der Waals surface area contributed by atoms with Crippen molar-refractivity contribution in [2.24, 2.45) is 0 Å². The molecule has 2 rings (SSSR count). The first kappa shape index (κ1) is 14.1. The molecule has 0 spiro atoms. The van der Waals surface area contributed by atoms with Gasteiger partial charge in [0.15, 0.2) is 0 Å². The van der Waals surface area contributed by atoms with E-state index in [9.17, 15) is 4.79 Å². The van der Waals surface area contributed by atoms with Crippen LogP contribution < -0.4 is 5.32 Å². The van der Waals surface area contributed by atoms with Crippen molar-refractivity contribution in [3.05, 3.63) is 16.5 Å². The molecule has 0 atom stereocenters. The first-order chi connectivity index (χ1) is 9.02. The summed E-state index contributed by atoms with van der Waals surface area (Å²) in [5, 5.41) is 3.53. The Balaban J connectivity index is 2.08. The minimum absolute atomic E-state index is 0.0320. The molecule has 0 aliphatic heterocycles. The van der Waals surface area contributed by atoms with Gasteiger partial charge in [0.1, 0.15) is 16.8 Å². The van der Waals surface area contributed by atoms with Gasteiger partial charge in [0.25, 0.3) is 0 Å². The topological polar surface area (TPSA) is 58.1 Å². The van der Waals surface area contributed by atoms with Gasteiger partial charge in [-0.05, 0) is 26.7 Å². The van der Waals surface area contributed by atoms with Gasteiger partial charge in [-0.25, -0.2) is 9.97 Å². The van der Waals surface area contributed by atoms with Gasteiger partial charge in [0.05, 0.1) is 6.54 Å². The lowest BCUT2D eigenvalue weighted by atomic mass is 10.3. The SMILES string of the molecule is CCN(C)C(=O)CNc1nc(C2CC2)nc(Cl)c1C. The van der Waals surface area contributed by atoms with Crippen LogP contribution in [0.25, 0.3) is 0 Å². The maximum atomic E-state index is 11.8. The van der Waals surface area contributed by atoms with E-state index in [1.54, 1.807) is 11.9 Å². The fourth-order valence-electron chi connectivity index (χ4n) is 1.67. The van der Waals surface area contributed by atoms with Crippen LogP contribution in [0.4, 0.5) is 5.82 Å². The molecule has 1 saturated carbocycles. The standard InChI is InChI=1S/C13H19ClN4O/c1-4-18(3)10(19)7-15-12-8(2)11(14)16-13(17-12)9-5-6-9/h9H,4-7H2,1-3H3,(H,15,16,17). The van der Waals surface area contributed by atoms with Crippen LogP contribution in [0, 0.1) is 6.92 Å². The number of halogens is 1. The second-order valence-electron chi connectivity index (χ2n) is 4.88. The third-order valence-corrected chi connectivity index (χ3v) is 3.72. The molecule has 6 heteroatoms. The smallest absolute Gasteiger partial charge is 0.241 e. The van der Waals surface area contributed by atoms with Crippen LogP contribution in [-0.4, -0.2) is 40.9 Å². The Kier molecular flexibility index (Phi) is 4.24. The zero-order chi connectivity index (χ0) is 14.0. The summed E-state index contributed by atoms with van der Waals surface area (Å²) in [6.45, 7) is 4.71. The average Bonchev–Trinajstić information content (AvgIpc) is 3.23. The van der Waals surface area contributed by atoms with Crippen molar-refractivity contribution in [2.45, 2.75) is 32.6 Å². The Hall–Kier alpha value is -1.36. The number of hydrogen-bond acceptors (Lipinski definition) is 4. The minimum Gasteiger partial charge on any atom is -0.361 e. The molecule has 1 aliphatic carbocycles. The zero-order valence-corrected chi connectivity index (χ0v) is 12.3. The molecule has 1 N–H and O–H groups in total. The van der Waals surface area contributed by atoms with Crippen LogP contribution in [0.1, 0.15) is 37.1 Å². The largest absolute Gasteiger partial charge is 0.361 e. The fourth-order valence-corrected chi connectivity index (χ4v) is 1.85. The lowest BCUT2D eigenvalue weighted by Gasteiger charge is -2.16. The Morgan fingerprint density at radius 3 is 2.74 bits per heavy atom. The molecular weight excluding hydrogens is 264 g/mol. The Morgan fingerprint density at radius 1 is 1.47 bits per heavy atom. The summed E-state index contributed by atoms with van der Waals surface area (Å²) in [7, 11) is 1.78. The Bertz CT molecular complexity index is 488. The highest BCUT2D eigenvalue weighted by Gasteiger charge is 2.28. The van der Waals surface area contributed by atoms with Gasteiger partial charge in [-0.1, -0.05) is 11.6 Å². The highest BCUT2D eigenvalue weighted by atomic mass is 35.5. The molecule has 19 heavy (non-hydrogen) atoms. The Morgan fingerprint density at radius 2 is 2.16 bits per heavy atom. The maximum absolute atomic E-state index is 11.8. The van der Waals surface area contributed by atoms with Crippen molar-refractivity contribution in [3.63, 3.8) is 0 Å².